The Hall–Kier alpha value is -2.51. The molecule has 3 saturated carbocycles. The van der Waals surface area contributed by atoms with E-state index in [-0.39, 0.29) is 49.6 Å². The van der Waals surface area contributed by atoms with E-state index in [4.69, 9.17) is 9.47 Å². The number of ketones is 1. The fourth-order valence-corrected chi connectivity index (χ4v) is 9.29. The smallest absolute Gasteiger partial charge is 0.306 e. The van der Waals surface area contributed by atoms with Crippen LogP contribution in [0.5, 0.6) is 0 Å². The lowest BCUT2D eigenvalue weighted by molar-refractivity contribution is -0.228. The molecule has 4 aliphatic rings. The summed E-state index contributed by atoms with van der Waals surface area (Å²) in [5.41, 5.74) is -6.73. The van der Waals surface area contributed by atoms with E-state index in [2.05, 4.69) is 11.8 Å². The van der Waals surface area contributed by atoms with E-state index in [1.807, 2.05) is 6.92 Å². The van der Waals surface area contributed by atoms with Gasteiger partial charge in [0.1, 0.15) is 6.17 Å². The molecule has 4 rings (SSSR count). The van der Waals surface area contributed by atoms with Crippen molar-refractivity contribution in [1.29, 1.82) is 0 Å². The van der Waals surface area contributed by atoms with Crippen LogP contribution >= 0.6 is 11.8 Å². The first kappa shape index (κ1) is 33.4. The van der Waals surface area contributed by atoms with E-state index in [1.54, 1.807) is 20.8 Å². The molecule has 3 fully saturated rings. The Morgan fingerprint density at radius 1 is 1.14 bits per heavy atom. The zero-order valence-electron chi connectivity index (χ0n) is 25.5. The van der Waals surface area contributed by atoms with Gasteiger partial charge in [-0.25, -0.2) is 8.78 Å². The SMILES string of the molecule is CCCCC(=O)OCC#CCSC(=O)[C@@]1(OC(=O)CC)[C@H](C)CC2C3C[C@H](F)C4=CC(=O)C=CC4(C)[C@@]3(F)[C@@H](O)C[C@@]21C. The number of allylic oxidation sites excluding steroid dienone is 4. The monoisotopic (exact) mass is 620 g/mol. The van der Waals surface area contributed by atoms with Crippen molar-refractivity contribution in [1.82, 2.24) is 0 Å². The van der Waals surface area contributed by atoms with Crippen LogP contribution in [-0.4, -0.2) is 63.8 Å². The summed E-state index contributed by atoms with van der Waals surface area (Å²) in [6.45, 7) is 8.53. The van der Waals surface area contributed by atoms with Gasteiger partial charge in [0, 0.05) is 35.5 Å². The third-order valence-electron chi connectivity index (χ3n) is 10.5. The molecule has 7 nitrogen and oxygen atoms in total. The molecule has 4 aliphatic carbocycles. The van der Waals surface area contributed by atoms with Gasteiger partial charge in [-0.05, 0) is 56.3 Å². The predicted octanol–water partition coefficient (Wildman–Crippen LogP) is 5.24. The highest BCUT2D eigenvalue weighted by molar-refractivity contribution is 8.14. The van der Waals surface area contributed by atoms with Crippen molar-refractivity contribution in [2.24, 2.45) is 28.6 Å². The van der Waals surface area contributed by atoms with Gasteiger partial charge < -0.3 is 14.6 Å². The van der Waals surface area contributed by atoms with E-state index in [0.717, 1.165) is 30.7 Å². The summed E-state index contributed by atoms with van der Waals surface area (Å²) in [5.74, 6) is 2.08. The summed E-state index contributed by atoms with van der Waals surface area (Å²) in [6, 6.07) is 0. The number of fused-ring (bicyclic) bond motifs is 5. The Balaban J connectivity index is 1.64. The van der Waals surface area contributed by atoms with Gasteiger partial charge in [-0.1, -0.05) is 63.8 Å². The number of rotatable bonds is 8. The van der Waals surface area contributed by atoms with Gasteiger partial charge in [-0.3, -0.25) is 19.2 Å². The summed E-state index contributed by atoms with van der Waals surface area (Å²) in [5, 5.41) is 11.2. The molecule has 0 radical (unpaired) electrons. The summed E-state index contributed by atoms with van der Waals surface area (Å²) in [4.78, 5) is 50.7. The lowest BCUT2D eigenvalue weighted by atomic mass is 9.44. The molecule has 0 saturated heterocycles. The maximum Gasteiger partial charge on any atom is 0.306 e. The van der Waals surface area contributed by atoms with E-state index in [9.17, 15) is 24.3 Å². The highest BCUT2D eigenvalue weighted by atomic mass is 32.2. The molecule has 236 valence electrons. The van der Waals surface area contributed by atoms with Crippen LogP contribution in [0.3, 0.4) is 0 Å². The van der Waals surface area contributed by atoms with Crippen LogP contribution in [0.1, 0.15) is 79.6 Å². The number of hydrogen-bond acceptors (Lipinski definition) is 8. The van der Waals surface area contributed by atoms with Crippen molar-refractivity contribution in [2.45, 2.75) is 103 Å². The Bertz CT molecular complexity index is 1290. The van der Waals surface area contributed by atoms with Gasteiger partial charge in [0.05, 0.1) is 11.9 Å². The number of carbonyl (C=O) groups excluding carboxylic acids is 4. The molecule has 10 heteroatoms. The molecule has 0 aromatic rings. The fourth-order valence-electron chi connectivity index (χ4n) is 8.29. The summed E-state index contributed by atoms with van der Waals surface area (Å²) < 4.78 is 44.4. The number of alkyl halides is 2. The van der Waals surface area contributed by atoms with Crippen LogP contribution in [-0.2, 0) is 28.7 Å². The van der Waals surface area contributed by atoms with E-state index in [0.29, 0.717) is 6.42 Å². The quantitative estimate of drug-likeness (QED) is 0.290. The van der Waals surface area contributed by atoms with Crippen molar-refractivity contribution in [2.75, 3.05) is 12.4 Å². The molecule has 0 aliphatic heterocycles. The average molecular weight is 621 g/mol. The number of unbranched alkanes of at least 4 members (excludes halogenated alkanes) is 1. The standard InChI is InChI=1S/C33H42F2O7S/c1-6-8-11-28(39)41-14-9-10-15-43-29(40)33(42-27(38)7-2)20(3)16-22-23-18-25(34)24-17-21(36)12-13-30(24,4)32(23,35)26(37)19-31(22,33)5/h12-13,17,20,22-23,25-26,37H,6-8,11,14-16,18-19H2,1-5H3/t20-,22?,23?,25+,26+,30?,31+,32+,33+/m1/s1. The van der Waals surface area contributed by atoms with Crippen molar-refractivity contribution in [3.05, 3.63) is 23.8 Å². The number of aliphatic hydroxyl groups is 1. The van der Waals surface area contributed by atoms with Crippen molar-refractivity contribution in [3.8, 4) is 11.8 Å². The molecule has 3 unspecified atom stereocenters. The molecule has 1 N–H and O–H groups in total. The predicted molar refractivity (Wildman–Crippen MR) is 158 cm³/mol. The first-order valence-corrected chi connectivity index (χ1v) is 16.2. The lowest BCUT2D eigenvalue weighted by Gasteiger charge is -2.63. The Labute approximate surface area is 256 Å². The number of aliphatic hydroxyl groups excluding tert-OH is 1. The number of halogens is 2. The molecule has 0 aromatic heterocycles. The van der Waals surface area contributed by atoms with E-state index >= 15 is 8.78 Å². The van der Waals surface area contributed by atoms with Crippen LogP contribution < -0.4 is 0 Å². The first-order valence-electron chi connectivity index (χ1n) is 15.2. The number of esters is 2. The third-order valence-corrected chi connectivity index (χ3v) is 11.3. The van der Waals surface area contributed by atoms with E-state index in [1.165, 1.54) is 19.1 Å². The van der Waals surface area contributed by atoms with Gasteiger partial charge >= 0.3 is 11.9 Å². The molecule has 0 aromatic carbocycles. The molecule has 0 heterocycles. The first-order chi connectivity index (χ1) is 20.2. The number of hydrogen-bond donors (Lipinski definition) is 1. The van der Waals surface area contributed by atoms with Crippen LogP contribution in [0.15, 0.2) is 23.8 Å². The van der Waals surface area contributed by atoms with Crippen molar-refractivity contribution >= 4 is 34.6 Å². The maximum atomic E-state index is 17.5. The Kier molecular flexibility index (Phi) is 9.68. The number of carbonyl (C=O) groups is 4. The topological polar surface area (TPSA) is 107 Å². The van der Waals surface area contributed by atoms with Crippen LogP contribution in [0.4, 0.5) is 8.78 Å². The number of thioether (sulfide) groups is 1. The minimum absolute atomic E-state index is 0.00695. The molecular formula is C33H42F2O7S. The molecule has 0 bridgehead atoms. The fraction of sp³-hybridized carbons (Fsp3) is 0.697. The van der Waals surface area contributed by atoms with Gasteiger partial charge in [-0.15, -0.1) is 0 Å². The largest absolute Gasteiger partial charge is 0.452 e. The molecule has 9 atom stereocenters. The highest BCUT2D eigenvalue weighted by Crippen LogP contribution is 2.72. The zero-order valence-corrected chi connectivity index (χ0v) is 26.4. The van der Waals surface area contributed by atoms with Gasteiger partial charge in [-0.2, -0.15) is 0 Å². The van der Waals surface area contributed by atoms with Crippen molar-refractivity contribution < 1.29 is 42.5 Å². The minimum Gasteiger partial charge on any atom is -0.452 e. The molecule has 0 spiro atoms. The minimum atomic E-state index is -2.30. The molecular weight excluding hydrogens is 578 g/mol. The van der Waals surface area contributed by atoms with Crippen molar-refractivity contribution in [3.63, 3.8) is 0 Å². The second kappa shape index (κ2) is 12.5. The number of ether oxygens (including phenoxy) is 2. The van der Waals surface area contributed by atoms with E-state index < -0.39 is 69.0 Å². The van der Waals surface area contributed by atoms with Gasteiger partial charge in [0.15, 0.2) is 23.7 Å². The van der Waals surface area contributed by atoms with Crippen LogP contribution in [0.25, 0.3) is 0 Å². The van der Waals surface area contributed by atoms with Crippen LogP contribution in [0, 0.1) is 40.4 Å². The Morgan fingerprint density at radius 2 is 1.86 bits per heavy atom. The summed E-state index contributed by atoms with van der Waals surface area (Å²) in [6.07, 6.45) is 2.25. The van der Waals surface area contributed by atoms with Gasteiger partial charge in [0.25, 0.3) is 0 Å². The molecule has 43 heavy (non-hydrogen) atoms. The van der Waals surface area contributed by atoms with Crippen LogP contribution in [0.2, 0.25) is 0 Å². The third kappa shape index (κ3) is 5.28. The summed E-state index contributed by atoms with van der Waals surface area (Å²) >= 11 is 0.866. The maximum absolute atomic E-state index is 17.5. The molecule has 0 amide bonds. The average Bonchev–Trinajstić information content (AvgIpc) is 3.18. The zero-order chi connectivity index (χ0) is 31.8. The highest BCUT2D eigenvalue weighted by Gasteiger charge is 2.78. The Morgan fingerprint density at radius 3 is 2.53 bits per heavy atom. The second-order valence-corrected chi connectivity index (χ2v) is 13.7. The second-order valence-electron chi connectivity index (χ2n) is 12.8. The summed E-state index contributed by atoms with van der Waals surface area (Å²) in [7, 11) is 0. The normalized spacial score (nSPS) is 39.4. The lowest BCUT2D eigenvalue weighted by Crippen LogP contribution is -2.70. The van der Waals surface area contributed by atoms with Gasteiger partial charge in [0.2, 0.25) is 5.12 Å².